The Morgan fingerprint density at radius 3 is 2.70 bits per heavy atom. The molecule has 0 radical (unpaired) electrons. The summed E-state index contributed by atoms with van der Waals surface area (Å²) in [7, 11) is 7.45. The fourth-order valence-electron chi connectivity index (χ4n) is 8.31. The second-order valence-corrected chi connectivity index (χ2v) is 11.6. The summed E-state index contributed by atoms with van der Waals surface area (Å²) in [5.41, 5.74) is 7.13. The van der Waals surface area contributed by atoms with Gasteiger partial charge in [-0.2, -0.15) is 0 Å². The molecule has 7 rings (SSSR count). The first kappa shape index (κ1) is 23.4. The molecule has 7 nitrogen and oxygen atoms in total. The van der Waals surface area contributed by atoms with Crippen LogP contribution in [0.25, 0.3) is 10.9 Å². The SMILES string of the molecule is COc1ccc2c3c([nH]c2c1)[C@@]1(CC[C@]2(C[C@H]4c5c(cc(OC)c(O)c52)CCN4C)C[C@H]1OC)NCC3. The summed E-state index contributed by atoms with van der Waals surface area (Å²) in [5, 5.41) is 16.7. The maximum absolute atomic E-state index is 11.5. The number of phenols is 1. The average molecular weight is 504 g/mol. The molecule has 4 aliphatic rings. The van der Waals surface area contributed by atoms with E-state index >= 15 is 0 Å². The van der Waals surface area contributed by atoms with Crippen LogP contribution in [0.5, 0.6) is 17.2 Å². The fraction of sp³-hybridized carbons (Fsp3) is 0.533. The first-order valence-electron chi connectivity index (χ1n) is 13.5. The minimum Gasteiger partial charge on any atom is -0.504 e. The maximum Gasteiger partial charge on any atom is 0.161 e. The van der Waals surface area contributed by atoms with Crippen LogP contribution in [-0.2, 0) is 28.5 Å². The van der Waals surface area contributed by atoms with Crippen LogP contribution in [0, 0.1) is 0 Å². The van der Waals surface area contributed by atoms with Gasteiger partial charge in [-0.1, -0.05) is 0 Å². The molecule has 0 bridgehead atoms. The Balaban J connectivity index is 1.35. The molecule has 0 saturated heterocycles. The van der Waals surface area contributed by atoms with E-state index in [-0.39, 0.29) is 17.1 Å². The number of ether oxygens (including phenoxy) is 3. The van der Waals surface area contributed by atoms with E-state index in [4.69, 9.17) is 14.2 Å². The van der Waals surface area contributed by atoms with Gasteiger partial charge in [-0.25, -0.2) is 0 Å². The number of aromatic nitrogens is 1. The number of methoxy groups -OCH3 is 3. The molecule has 0 unspecified atom stereocenters. The second kappa shape index (κ2) is 8.13. The Labute approximate surface area is 218 Å². The lowest BCUT2D eigenvalue weighted by molar-refractivity contribution is -0.0482. The third-order valence-electron chi connectivity index (χ3n) is 10.1. The summed E-state index contributed by atoms with van der Waals surface area (Å²) >= 11 is 0. The zero-order valence-electron chi connectivity index (χ0n) is 22.2. The van der Waals surface area contributed by atoms with Gasteiger partial charge in [-0.3, -0.25) is 4.90 Å². The summed E-state index contributed by atoms with van der Waals surface area (Å²) in [6.07, 6.45) is 5.72. The van der Waals surface area contributed by atoms with E-state index < -0.39 is 0 Å². The lowest BCUT2D eigenvalue weighted by atomic mass is 9.61. The Kier molecular flexibility index (Phi) is 5.14. The first-order chi connectivity index (χ1) is 17.9. The van der Waals surface area contributed by atoms with Gasteiger partial charge in [0.1, 0.15) is 5.75 Å². The van der Waals surface area contributed by atoms with E-state index in [1.807, 2.05) is 7.11 Å². The molecule has 3 heterocycles. The molecule has 7 heteroatoms. The predicted molar refractivity (Wildman–Crippen MR) is 143 cm³/mol. The highest BCUT2D eigenvalue weighted by Crippen LogP contribution is 2.63. The number of nitrogens with zero attached hydrogens (tertiary/aromatic N) is 1. The number of phenolic OH excluding ortho intramolecular Hbond substituents is 1. The monoisotopic (exact) mass is 503 g/mol. The van der Waals surface area contributed by atoms with Gasteiger partial charge < -0.3 is 29.6 Å². The Morgan fingerprint density at radius 2 is 1.92 bits per heavy atom. The van der Waals surface area contributed by atoms with Gasteiger partial charge in [-0.15, -0.1) is 0 Å². The predicted octanol–water partition coefficient (Wildman–Crippen LogP) is 4.30. The van der Waals surface area contributed by atoms with E-state index in [0.717, 1.165) is 68.4 Å². The van der Waals surface area contributed by atoms with Crippen LogP contribution in [-0.4, -0.2) is 62.6 Å². The van der Waals surface area contributed by atoms with Crippen molar-refractivity contribution in [3.05, 3.63) is 52.2 Å². The quantitative estimate of drug-likeness (QED) is 0.495. The molecule has 2 aliphatic heterocycles. The Bertz CT molecular complexity index is 1400. The van der Waals surface area contributed by atoms with E-state index in [0.29, 0.717) is 17.5 Å². The zero-order valence-corrected chi connectivity index (χ0v) is 22.2. The zero-order chi connectivity index (χ0) is 25.5. The Hall–Kier alpha value is -2.74. The van der Waals surface area contributed by atoms with Gasteiger partial charge in [-0.05, 0) is 80.5 Å². The molecule has 3 N–H and O–H groups in total. The lowest BCUT2D eigenvalue weighted by Crippen LogP contribution is -2.60. The minimum absolute atomic E-state index is 0.0398. The molecule has 2 aliphatic carbocycles. The van der Waals surface area contributed by atoms with Crippen molar-refractivity contribution >= 4 is 10.9 Å². The molecule has 37 heavy (non-hydrogen) atoms. The standard InChI is InChI=1S/C30H37N3O4/c1-33-12-8-17-13-23(36-3)27(34)26-25(17)22(33)15-29(26)9-10-30(24(16-29)37-4)28-20(7-11-31-30)19-6-5-18(35-2)14-21(19)32-28/h5-6,13-14,22,24,31-32,34H,7-12,15-16H2,1-4H3/t22-,24+,29-,30-/m0/s1. The normalized spacial score (nSPS) is 30.6. The lowest BCUT2D eigenvalue weighted by Gasteiger charge is -2.52. The first-order valence-corrected chi connectivity index (χ1v) is 13.5. The van der Waals surface area contributed by atoms with Gasteiger partial charge >= 0.3 is 0 Å². The summed E-state index contributed by atoms with van der Waals surface area (Å²) in [6.45, 7) is 1.95. The molecule has 1 fully saturated rings. The number of hydrogen-bond acceptors (Lipinski definition) is 6. The van der Waals surface area contributed by atoms with Crippen molar-refractivity contribution in [3.8, 4) is 17.2 Å². The van der Waals surface area contributed by atoms with Crippen molar-refractivity contribution in [1.82, 2.24) is 15.2 Å². The van der Waals surface area contributed by atoms with Crippen LogP contribution in [0.1, 0.15) is 59.7 Å². The number of aromatic amines is 1. The van der Waals surface area contributed by atoms with Crippen LogP contribution in [0.15, 0.2) is 24.3 Å². The molecular weight excluding hydrogens is 466 g/mol. The van der Waals surface area contributed by atoms with Crippen LogP contribution < -0.4 is 14.8 Å². The van der Waals surface area contributed by atoms with Crippen LogP contribution in [0.3, 0.4) is 0 Å². The van der Waals surface area contributed by atoms with Crippen LogP contribution >= 0.6 is 0 Å². The van der Waals surface area contributed by atoms with Crippen molar-refractivity contribution in [2.45, 2.75) is 61.6 Å². The molecule has 1 saturated carbocycles. The van der Waals surface area contributed by atoms with E-state index in [1.54, 1.807) is 14.2 Å². The van der Waals surface area contributed by atoms with Crippen LogP contribution in [0.2, 0.25) is 0 Å². The highest BCUT2D eigenvalue weighted by atomic mass is 16.5. The molecular formula is C30H37N3O4. The summed E-state index contributed by atoms with van der Waals surface area (Å²) < 4.78 is 17.6. The van der Waals surface area contributed by atoms with Crippen molar-refractivity contribution in [3.63, 3.8) is 0 Å². The minimum atomic E-state index is -0.290. The number of rotatable bonds is 3. The van der Waals surface area contributed by atoms with Gasteiger partial charge in [0.05, 0.1) is 25.9 Å². The molecule has 2 aromatic carbocycles. The van der Waals surface area contributed by atoms with Crippen molar-refractivity contribution in [2.24, 2.45) is 0 Å². The highest BCUT2D eigenvalue weighted by molar-refractivity contribution is 5.86. The third kappa shape index (κ3) is 3.05. The second-order valence-electron chi connectivity index (χ2n) is 11.6. The molecule has 1 aromatic heterocycles. The van der Waals surface area contributed by atoms with Gasteiger partial charge in [0.15, 0.2) is 11.5 Å². The van der Waals surface area contributed by atoms with Gasteiger partial charge in [0, 0.05) is 59.9 Å². The average Bonchev–Trinajstić information content (AvgIpc) is 3.47. The molecule has 3 aromatic rings. The summed E-state index contributed by atoms with van der Waals surface area (Å²) in [6, 6.07) is 8.74. The largest absolute Gasteiger partial charge is 0.504 e. The van der Waals surface area contributed by atoms with Gasteiger partial charge in [0.25, 0.3) is 0 Å². The van der Waals surface area contributed by atoms with E-state index in [9.17, 15) is 5.11 Å². The van der Waals surface area contributed by atoms with Crippen molar-refractivity contribution in [2.75, 3.05) is 41.5 Å². The van der Waals surface area contributed by atoms with Crippen molar-refractivity contribution in [1.29, 1.82) is 0 Å². The number of hydrogen-bond donors (Lipinski definition) is 3. The number of aromatic hydroxyl groups is 1. The van der Waals surface area contributed by atoms with E-state index in [1.165, 1.54) is 27.8 Å². The maximum atomic E-state index is 11.5. The number of fused-ring (bicyclic) bond motifs is 5. The summed E-state index contributed by atoms with van der Waals surface area (Å²) in [5.74, 6) is 1.80. The van der Waals surface area contributed by atoms with Crippen molar-refractivity contribution < 1.29 is 19.3 Å². The highest BCUT2D eigenvalue weighted by Gasteiger charge is 2.58. The number of H-pyrrole nitrogens is 1. The molecule has 2 spiro atoms. The number of likely N-dealkylation sites (N-methyl/N-ethyl adjacent to an activating group) is 1. The summed E-state index contributed by atoms with van der Waals surface area (Å²) in [4.78, 5) is 6.26. The van der Waals surface area contributed by atoms with Crippen LogP contribution in [0.4, 0.5) is 0 Å². The van der Waals surface area contributed by atoms with Gasteiger partial charge in [0.2, 0.25) is 0 Å². The molecule has 0 amide bonds. The van der Waals surface area contributed by atoms with E-state index in [2.05, 4.69) is 46.5 Å². The molecule has 4 atom stereocenters. The Morgan fingerprint density at radius 1 is 1.05 bits per heavy atom. The number of benzene rings is 2. The smallest absolute Gasteiger partial charge is 0.161 e. The topological polar surface area (TPSA) is 79.0 Å². The molecule has 196 valence electrons. The number of nitrogens with one attached hydrogen (secondary N) is 2. The fourth-order valence-corrected chi connectivity index (χ4v) is 8.31. The third-order valence-corrected chi connectivity index (χ3v) is 10.1.